The summed E-state index contributed by atoms with van der Waals surface area (Å²) in [7, 11) is 0. The van der Waals surface area contributed by atoms with Gasteiger partial charge >= 0.3 is 0 Å². The van der Waals surface area contributed by atoms with Crippen molar-refractivity contribution in [2.24, 2.45) is 0 Å². The van der Waals surface area contributed by atoms with E-state index in [-0.39, 0.29) is 12.4 Å². The molecule has 0 rings (SSSR count). The summed E-state index contributed by atoms with van der Waals surface area (Å²) in [5.41, 5.74) is 0.889. The van der Waals surface area contributed by atoms with Crippen molar-refractivity contribution >= 4 is 5.78 Å². The third-order valence-corrected chi connectivity index (χ3v) is 1.41. The Kier molecular flexibility index (Phi) is 6.38. The molecule has 0 heterocycles. The summed E-state index contributed by atoms with van der Waals surface area (Å²) in [5.74, 6) is 0.0576. The first-order valence-electron chi connectivity index (χ1n) is 4.20. The number of carbonyl (C=O) groups excluding carboxylic acids is 1. The van der Waals surface area contributed by atoms with Crippen LogP contribution in [0.4, 0.5) is 0 Å². The van der Waals surface area contributed by atoms with Crippen molar-refractivity contribution in [3.8, 4) is 0 Å². The number of aliphatic hydroxyl groups excluding tert-OH is 1. The Morgan fingerprint density at radius 2 is 2.08 bits per heavy atom. The maximum absolute atomic E-state index is 10.6. The number of aliphatic hydroxyl groups is 1. The van der Waals surface area contributed by atoms with Gasteiger partial charge in [0.2, 0.25) is 0 Å². The molecule has 0 aliphatic rings. The largest absolute Gasteiger partial charge is 0.396 e. The fraction of sp³-hybridized carbons (Fsp3) is 0.667. The van der Waals surface area contributed by atoms with Gasteiger partial charge in [0.25, 0.3) is 0 Å². The van der Waals surface area contributed by atoms with Crippen molar-refractivity contribution in [3.05, 3.63) is 11.8 Å². The normalized spacial score (nSPS) is 11.4. The molecule has 0 saturated carbocycles. The number of ketones is 1. The zero-order valence-electron chi connectivity index (χ0n) is 7.76. The van der Waals surface area contributed by atoms with Crippen LogP contribution in [0.2, 0.25) is 0 Å². The molecule has 70 valence electrons. The third-order valence-electron chi connectivity index (χ3n) is 1.41. The van der Waals surface area contributed by atoms with E-state index in [0.29, 0.717) is 0 Å². The molecule has 0 atom stereocenters. The summed E-state index contributed by atoms with van der Waals surface area (Å²) in [6.45, 7) is 4.44. The minimum atomic E-state index is 0.0576. The summed E-state index contributed by atoms with van der Waals surface area (Å²) in [6.07, 6.45) is 3.30. The zero-order valence-corrected chi connectivity index (χ0v) is 7.76. The highest BCUT2D eigenvalue weighted by molar-refractivity contribution is 5.87. The predicted molar refractivity (Wildman–Crippen MR) is 48.8 cm³/mol. The second kappa shape index (κ2) is 6.85. The number of hydrogen-bond donors (Lipinski definition) is 2. The minimum Gasteiger partial charge on any atom is -0.396 e. The van der Waals surface area contributed by atoms with Crippen LogP contribution in [-0.4, -0.2) is 24.0 Å². The molecular formula is C9H17NO2. The van der Waals surface area contributed by atoms with Gasteiger partial charge in [-0.25, -0.2) is 0 Å². The molecule has 3 heteroatoms. The van der Waals surface area contributed by atoms with Crippen LogP contribution in [0.1, 0.15) is 26.7 Å². The molecule has 12 heavy (non-hydrogen) atoms. The van der Waals surface area contributed by atoms with Crippen LogP contribution in [0.3, 0.4) is 0 Å². The summed E-state index contributed by atoms with van der Waals surface area (Å²) in [6, 6.07) is 0. The fourth-order valence-electron chi connectivity index (χ4n) is 0.878. The van der Waals surface area contributed by atoms with Crippen molar-refractivity contribution in [3.63, 3.8) is 0 Å². The van der Waals surface area contributed by atoms with E-state index >= 15 is 0 Å². The molecule has 0 unspecified atom stereocenters. The molecule has 0 aliphatic heterocycles. The van der Waals surface area contributed by atoms with Gasteiger partial charge in [-0.3, -0.25) is 4.79 Å². The Hall–Kier alpha value is -0.830. The van der Waals surface area contributed by atoms with Gasteiger partial charge in [0, 0.05) is 18.8 Å². The second-order valence-corrected chi connectivity index (χ2v) is 2.80. The van der Waals surface area contributed by atoms with E-state index in [1.54, 1.807) is 6.08 Å². The number of unbranched alkanes of at least 4 members (excludes halogenated alkanes) is 1. The molecule has 0 aromatic rings. The van der Waals surface area contributed by atoms with Gasteiger partial charge in [0.15, 0.2) is 5.78 Å². The minimum absolute atomic E-state index is 0.0576. The van der Waals surface area contributed by atoms with Crippen LogP contribution in [0.5, 0.6) is 0 Å². The highest BCUT2D eigenvalue weighted by Crippen LogP contribution is 1.90. The molecule has 0 aromatic carbocycles. The van der Waals surface area contributed by atoms with Crippen LogP contribution >= 0.6 is 0 Å². The van der Waals surface area contributed by atoms with Crippen LogP contribution in [0, 0.1) is 0 Å². The third kappa shape index (κ3) is 7.28. The zero-order chi connectivity index (χ0) is 9.40. The Morgan fingerprint density at radius 1 is 1.42 bits per heavy atom. The molecule has 3 nitrogen and oxygen atoms in total. The molecule has 0 radical (unpaired) electrons. The molecule has 2 N–H and O–H groups in total. The van der Waals surface area contributed by atoms with E-state index in [9.17, 15) is 4.79 Å². The molecular weight excluding hydrogens is 154 g/mol. The first-order valence-corrected chi connectivity index (χ1v) is 4.20. The summed E-state index contributed by atoms with van der Waals surface area (Å²) >= 11 is 0. The van der Waals surface area contributed by atoms with Gasteiger partial charge in [-0.2, -0.15) is 0 Å². The highest BCUT2D eigenvalue weighted by atomic mass is 16.2. The lowest BCUT2D eigenvalue weighted by atomic mass is 10.3. The highest BCUT2D eigenvalue weighted by Gasteiger charge is 1.90. The summed E-state index contributed by atoms with van der Waals surface area (Å²) < 4.78 is 0. The van der Waals surface area contributed by atoms with Gasteiger partial charge in [0.05, 0.1) is 0 Å². The summed E-state index contributed by atoms with van der Waals surface area (Å²) in [5, 5.41) is 11.6. The SMILES string of the molecule is CC(=O)/C=C(\C)NCCCCO. The smallest absolute Gasteiger partial charge is 0.154 e. The van der Waals surface area contributed by atoms with E-state index < -0.39 is 0 Å². The van der Waals surface area contributed by atoms with E-state index in [2.05, 4.69) is 5.32 Å². The van der Waals surface area contributed by atoms with Crippen LogP contribution in [0.25, 0.3) is 0 Å². The maximum atomic E-state index is 10.6. The Bertz CT molecular complexity index is 164. The van der Waals surface area contributed by atoms with Gasteiger partial charge in [-0.15, -0.1) is 0 Å². The topological polar surface area (TPSA) is 49.3 Å². The van der Waals surface area contributed by atoms with Gasteiger partial charge in [-0.1, -0.05) is 0 Å². The number of allylic oxidation sites excluding steroid dienone is 2. The second-order valence-electron chi connectivity index (χ2n) is 2.80. The Labute approximate surface area is 73.5 Å². The fourth-order valence-corrected chi connectivity index (χ4v) is 0.878. The molecule has 0 bridgehead atoms. The molecule has 0 fully saturated rings. The molecule has 0 aliphatic carbocycles. The number of rotatable bonds is 6. The monoisotopic (exact) mass is 171 g/mol. The van der Waals surface area contributed by atoms with Crippen LogP contribution in [-0.2, 0) is 4.79 Å². The predicted octanol–water partition coefficient (Wildman–Crippen LogP) is 0.841. The lowest BCUT2D eigenvalue weighted by Crippen LogP contribution is -2.13. The van der Waals surface area contributed by atoms with Gasteiger partial charge in [0.1, 0.15) is 0 Å². The molecule has 0 amide bonds. The quantitative estimate of drug-likeness (QED) is 0.460. The summed E-state index contributed by atoms with van der Waals surface area (Å²) in [4.78, 5) is 10.6. The van der Waals surface area contributed by atoms with Crippen molar-refractivity contribution in [1.82, 2.24) is 5.32 Å². The van der Waals surface area contributed by atoms with Crippen molar-refractivity contribution < 1.29 is 9.90 Å². The van der Waals surface area contributed by atoms with E-state index in [1.807, 2.05) is 6.92 Å². The lowest BCUT2D eigenvalue weighted by Gasteiger charge is -2.04. The van der Waals surface area contributed by atoms with Crippen LogP contribution < -0.4 is 5.32 Å². The van der Waals surface area contributed by atoms with Gasteiger partial charge in [-0.05, 0) is 32.8 Å². The number of hydrogen-bond acceptors (Lipinski definition) is 3. The Morgan fingerprint density at radius 3 is 2.58 bits per heavy atom. The maximum Gasteiger partial charge on any atom is 0.154 e. The van der Waals surface area contributed by atoms with Crippen molar-refractivity contribution in [2.75, 3.05) is 13.2 Å². The molecule has 0 aromatic heterocycles. The first-order chi connectivity index (χ1) is 5.66. The van der Waals surface area contributed by atoms with E-state index in [1.165, 1.54) is 6.92 Å². The van der Waals surface area contributed by atoms with Gasteiger partial charge < -0.3 is 10.4 Å². The van der Waals surface area contributed by atoms with Crippen molar-refractivity contribution in [1.29, 1.82) is 0 Å². The van der Waals surface area contributed by atoms with Crippen LogP contribution in [0.15, 0.2) is 11.8 Å². The number of carbonyl (C=O) groups is 1. The Balaban J connectivity index is 3.43. The lowest BCUT2D eigenvalue weighted by molar-refractivity contribution is -0.112. The standard InChI is InChI=1S/C9H17NO2/c1-8(7-9(2)12)10-5-3-4-6-11/h7,10-11H,3-6H2,1-2H3/b8-7+. The molecule has 0 spiro atoms. The van der Waals surface area contributed by atoms with Crippen molar-refractivity contribution in [2.45, 2.75) is 26.7 Å². The average molecular weight is 171 g/mol. The van der Waals surface area contributed by atoms with E-state index in [4.69, 9.17) is 5.11 Å². The average Bonchev–Trinajstić information content (AvgIpc) is 1.97. The molecule has 0 saturated heterocycles. The number of nitrogens with one attached hydrogen (secondary N) is 1. The first kappa shape index (κ1) is 11.2. The van der Waals surface area contributed by atoms with E-state index in [0.717, 1.165) is 25.1 Å².